The molecule has 0 saturated heterocycles. The number of cyclic esters (lactones) is 1. The predicted molar refractivity (Wildman–Crippen MR) is 107 cm³/mol. The number of aliphatic hydroxyl groups excluding tert-OH is 1. The van der Waals surface area contributed by atoms with Crippen LogP contribution in [0.25, 0.3) is 0 Å². The molecule has 1 heterocycles. The first-order valence-electron chi connectivity index (χ1n) is 9.27. The van der Waals surface area contributed by atoms with E-state index >= 15 is 0 Å². The van der Waals surface area contributed by atoms with E-state index in [1.807, 2.05) is 44.2 Å². The highest BCUT2D eigenvalue weighted by Crippen LogP contribution is 2.44. The van der Waals surface area contributed by atoms with E-state index in [-0.39, 0.29) is 18.1 Å². The third-order valence-electron chi connectivity index (χ3n) is 5.33. The first-order valence-corrected chi connectivity index (χ1v) is 9.27. The van der Waals surface area contributed by atoms with Crippen LogP contribution < -0.4 is 11.5 Å². The van der Waals surface area contributed by atoms with Crippen molar-refractivity contribution in [1.29, 1.82) is 0 Å². The minimum Gasteiger partial charge on any atom is -0.512 e. The van der Waals surface area contributed by atoms with Gasteiger partial charge < -0.3 is 21.3 Å². The molecular formula is C22H26N2O3. The molecule has 2 aromatic rings. The van der Waals surface area contributed by atoms with Gasteiger partial charge in [0.1, 0.15) is 11.4 Å². The average molecular weight is 366 g/mol. The lowest BCUT2D eigenvalue weighted by Gasteiger charge is -2.38. The Labute approximate surface area is 159 Å². The molecule has 5 nitrogen and oxygen atoms in total. The van der Waals surface area contributed by atoms with Crippen LogP contribution >= 0.6 is 0 Å². The summed E-state index contributed by atoms with van der Waals surface area (Å²) >= 11 is 0. The summed E-state index contributed by atoms with van der Waals surface area (Å²) in [5.41, 5.74) is 14.1. The number of anilines is 2. The fraction of sp³-hybridized carbons (Fsp3) is 0.318. The number of carbonyl (C=O) groups is 1. The van der Waals surface area contributed by atoms with Crippen LogP contribution in [-0.2, 0) is 15.1 Å². The van der Waals surface area contributed by atoms with E-state index in [0.717, 1.165) is 11.1 Å². The molecule has 1 aliphatic heterocycles. The third kappa shape index (κ3) is 3.50. The molecule has 0 spiro atoms. The summed E-state index contributed by atoms with van der Waals surface area (Å²) in [5.74, 6) is -0.682. The Morgan fingerprint density at radius 3 is 2.33 bits per heavy atom. The summed E-state index contributed by atoms with van der Waals surface area (Å²) in [6.45, 7) is 3.91. The molecule has 0 aromatic heterocycles. The number of nitrogens with two attached hydrogens (primary N) is 2. The van der Waals surface area contributed by atoms with Gasteiger partial charge >= 0.3 is 5.97 Å². The van der Waals surface area contributed by atoms with Gasteiger partial charge in [-0.1, -0.05) is 38.1 Å². The summed E-state index contributed by atoms with van der Waals surface area (Å²) in [4.78, 5) is 13.0. The molecule has 2 atom stereocenters. The van der Waals surface area contributed by atoms with E-state index in [0.29, 0.717) is 29.8 Å². The molecule has 5 heteroatoms. The van der Waals surface area contributed by atoms with Crippen LogP contribution in [0.2, 0.25) is 0 Å². The zero-order valence-electron chi connectivity index (χ0n) is 15.7. The second kappa shape index (κ2) is 7.35. The monoisotopic (exact) mass is 366 g/mol. The lowest BCUT2D eigenvalue weighted by molar-refractivity contribution is -0.161. The maximum absolute atomic E-state index is 13.0. The van der Waals surface area contributed by atoms with Crippen LogP contribution in [0, 0.1) is 0 Å². The SMILES string of the molecule is CCC(C1=C(O)CC(CC)(c2cccc(N)c2)OC1=O)c1cccc(N)c1. The first kappa shape index (κ1) is 18.8. The fourth-order valence-electron chi connectivity index (χ4n) is 3.86. The number of ether oxygens (including phenoxy) is 1. The Hall–Kier alpha value is -2.95. The fourth-order valence-corrected chi connectivity index (χ4v) is 3.86. The van der Waals surface area contributed by atoms with E-state index in [1.165, 1.54) is 0 Å². The van der Waals surface area contributed by atoms with Gasteiger partial charge in [-0.05, 0) is 48.2 Å². The van der Waals surface area contributed by atoms with Crippen molar-refractivity contribution in [1.82, 2.24) is 0 Å². The molecule has 0 saturated carbocycles. The second-order valence-corrected chi connectivity index (χ2v) is 7.03. The maximum Gasteiger partial charge on any atom is 0.338 e. The lowest BCUT2D eigenvalue weighted by atomic mass is 9.80. The smallest absolute Gasteiger partial charge is 0.338 e. The summed E-state index contributed by atoms with van der Waals surface area (Å²) in [5, 5.41) is 10.9. The van der Waals surface area contributed by atoms with E-state index in [2.05, 4.69) is 0 Å². The molecule has 0 radical (unpaired) electrons. The molecule has 5 N–H and O–H groups in total. The van der Waals surface area contributed by atoms with Gasteiger partial charge in [0.25, 0.3) is 0 Å². The van der Waals surface area contributed by atoms with E-state index in [1.54, 1.807) is 18.2 Å². The van der Waals surface area contributed by atoms with Crippen LogP contribution in [0.1, 0.15) is 50.2 Å². The number of nitrogen functional groups attached to an aromatic ring is 2. The highest BCUT2D eigenvalue weighted by molar-refractivity contribution is 5.92. The minimum atomic E-state index is -0.909. The molecule has 1 aliphatic rings. The standard InChI is InChI=1S/C22H26N2O3/c1-3-18(14-7-5-9-16(23)11-14)20-19(25)13-22(4-2,27-21(20)26)15-8-6-10-17(24)12-15/h5-12,18,25H,3-4,13,23-24H2,1-2H3. The van der Waals surface area contributed by atoms with E-state index in [9.17, 15) is 9.90 Å². The molecule has 2 aromatic carbocycles. The third-order valence-corrected chi connectivity index (χ3v) is 5.33. The topological polar surface area (TPSA) is 98.6 Å². The average Bonchev–Trinajstić information content (AvgIpc) is 2.64. The number of aliphatic hydroxyl groups is 1. The van der Waals surface area contributed by atoms with Crippen molar-refractivity contribution in [2.75, 3.05) is 11.5 Å². The molecule has 0 fully saturated rings. The van der Waals surface area contributed by atoms with Crippen LogP contribution in [0.15, 0.2) is 59.9 Å². The van der Waals surface area contributed by atoms with Gasteiger partial charge in [-0.25, -0.2) is 4.79 Å². The van der Waals surface area contributed by atoms with Gasteiger partial charge in [0.05, 0.1) is 5.57 Å². The van der Waals surface area contributed by atoms with Crippen molar-refractivity contribution in [3.05, 3.63) is 71.0 Å². The Balaban J connectivity index is 2.04. The first-order chi connectivity index (χ1) is 12.9. The maximum atomic E-state index is 13.0. The molecule has 0 aliphatic carbocycles. The summed E-state index contributed by atoms with van der Waals surface area (Å²) < 4.78 is 5.94. The van der Waals surface area contributed by atoms with Crippen molar-refractivity contribution in [2.24, 2.45) is 0 Å². The Morgan fingerprint density at radius 1 is 1.11 bits per heavy atom. The number of hydrogen-bond acceptors (Lipinski definition) is 5. The predicted octanol–water partition coefficient (Wildman–Crippen LogP) is 4.41. The molecule has 0 amide bonds. The van der Waals surface area contributed by atoms with Crippen molar-refractivity contribution >= 4 is 17.3 Å². The second-order valence-electron chi connectivity index (χ2n) is 7.03. The molecule has 3 rings (SSSR count). The van der Waals surface area contributed by atoms with Gasteiger partial charge in [0.15, 0.2) is 0 Å². The van der Waals surface area contributed by atoms with Crippen molar-refractivity contribution in [2.45, 2.75) is 44.6 Å². The number of esters is 1. The Morgan fingerprint density at radius 2 is 1.78 bits per heavy atom. The highest BCUT2D eigenvalue weighted by atomic mass is 16.6. The Bertz CT molecular complexity index is 891. The minimum absolute atomic E-state index is 0.0739. The normalized spacial score (nSPS) is 21.0. The zero-order chi connectivity index (χ0) is 19.6. The van der Waals surface area contributed by atoms with Crippen LogP contribution in [0.5, 0.6) is 0 Å². The largest absolute Gasteiger partial charge is 0.512 e. The number of carbonyl (C=O) groups excluding carboxylic acids is 1. The molecular weight excluding hydrogens is 340 g/mol. The lowest BCUT2D eigenvalue weighted by Crippen LogP contribution is -2.38. The number of hydrogen-bond donors (Lipinski definition) is 3. The summed E-state index contributed by atoms with van der Waals surface area (Å²) in [6.07, 6.45) is 1.41. The van der Waals surface area contributed by atoms with Crippen molar-refractivity contribution < 1.29 is 14.6 Å². The molecule has 0 bridgehead atoms. The van der Waals surface area contributed by atoms with Gasteiger partial charge in [0.2, 0.25) is 0 Å². The highest BCUT2D eigenvalue weighted by Gasteiger charge is 2.44. The van der Waals surface area contributed by atoms with Crippen LogP contribution in [0.4, 0.5) is 11.4 Å². The number of benzene rings is 2. The summed E-state index contributed by atoms with van der Waals surface area (Å²) in [6, 6.07) is 14.7. The van der Waals surface area contributed by atoms with E-state index < -0.39 is 11.6 Å². The van der Waals surface area contributed by atoms with Crippen molar-refractivity contribution in [3.8, 4) is 0 Å². The van der Waals surface area contributed by atoms with E-state index in [4.69, 9.17) is 16.2 Å². The summed E-state index contributed by atoms with van der Waals surface area (Å²) in [7, 11) is 0. The van der Waals surface area contributed by atoms with Gasteiger partial charge in [0, 0.05) is 23.7 Å². The Kier molecular flexibility index (Phi) is 5.13. The van der Waals surface area contributed by atoms with Crippen LogP contribution in [-0.4, -0.2) is 11.1 Å². The molecule has 27 heavy (non-hydrogen) atoms. The quantitative estimate of drug-likeness (QED) is 0.538. The molecule has 2 unspecified atom stereocenters. The van der Waals surface area contributed by atoms with Gasteiger partial charge in [-0.15, -0.1) is 0 Å². The van der Waals surface area contributed by atoms with Crippen LogP contribution in [0.3, 0.4) is 0 Å². The van der Waals surface area contributed by atoms with Gasteiger partial charge in [-0.2, -0.15) is 0 Å². The number of rotatable bonds is 5. The zero-order valence-corrected chi connectivity index (χ0v) is 15.7. The van der Waals surface area contributed by atoms with Gasteiger partial charge in [-0.3, -0.25) is 0 Å². The molecule has 142 valence electrons. The van der Waals surface area contributed by atoms with Crippen molar-refractivity contribution in [3.63, 3.8) is 0 Å².